The predicted octanol–water partition coefficient (Wildman–Crippen LogP) is 2.19. The van der Waals surface area contributed by atoms with Crippen LogP contribution in [0.25, 0.3) is 0 Å². The Bertz CT molecular complexity index is 627. The minimum absolute atomic E-state index is 0.0212. The summed E-state index contributed by atoms with van der Waals surface area (Å²) < 4.78 is 5.79. The largest absolute Gasteiger partial charge is 0.481 e. The summed E-state index contributed by atoms with van der Waals surface area (Å²) in [5, 5.41) is 38.8. The smallest absolute Gasteiger partial charge is 0.308 e. The lowest BCUT2D eigenvalue weighted by Gasteiger charge is -2.40. The van der Waals surface area contributed by atoms with Gasteiger partial charge in [-0.15, -0.1) is 0 Å². The highest BCUT2D eigenvalue weighted by molar-refractivity contribution is 5.72. The highest BCUT2D eigenvalue weighted by Gasteiger charge is 2.40. The lowest BCUT2D eigenvalue weighted by Crippen LogP contribution is -2.41. The van der Waals surface area contributed by atoms with Crippen molar-refractivity contribution in [2.75, 3.05) is 0 Å². The second-order valence-corrected chi connectivity index (χ2v) is 8.40. The summed E-state index contributed by atoms with van der Waals surface area (Å²) >= 11 is 0. The quantitative estimate of drug-likeness (QED) is 0.407. The SMILES string of the molecule is CCC(C)C(=O)OC1CC(O)C=C2C=CCC(CCC(O)CC(O)CC(=O)O)C21. The van der Waals surface area contributed by atoms with E-state index in [9.17, 15) is 24.9 Å². The van der Waals surface area contributed by atoms with Crippen molar-refractivity contribution in [2.45, 2.75) is 83.2 Å². The molecule has 164 valence electrons. The molecule has 0 heterocycles. The van der Waals surface area contributed by atoms with E-state index in [4.69, 9.17) is 9.84 Å². The summed E-state index contributed by atoms with van der Waals surface area (Å²) in [6, 6.07) is 0. The number of rotatable bonds is 10. The van der Waals surface area contributed by atoms with Gasteiger partial charge in [-0.3, -0.25) is 9.59 Å². The molecule has 0 saturated heterocycles. The van der Waals surface area contributed by atoms with E-state index in [0.717, 1.165) is 12.0 Å². The van der Waals surface area contributed by atoms with Gasteiger partial charge in [-0.25, -0.2) is 0 Å². The van der Waals surface area contributed by atoms with Gasteiger partial charge in [0.1, 0.15) is 6.10 Å². The summed E-state index contributed by atoms with van der Waals surface area (Å²) in [7, 11) is 0. The van der Waals surface area contributed by atoms with Crippen molar-refractivity contribution in [2.24, 2.45) is 17.8 Å². The van der Waals surface area contributed by atoms with E-state index in [1.54, 1.807) is 0 Å². The van der Waals surface area contributed by atoms with Gasteiger partial charge >= 0.3 is 11.9 Å². The molecule has 29 heavy (non-hydrogen) atoms. The molecule has 7 heteroatoms. The van der Waals surface area contributed by atoms with Crippen LogP contribution in [0.4, 0.5) is 0 Å². The van der Waals surface area contributed by atoms with E-state index in [-0.39, 0.29) is 36.6 Å². The average molecular weight is 411 g/mol. The number of fused-ring (bicyclic) bond motifs is 1. The molecule has 0 radical (unpaired) electrons. The van der Waals surface area contributed by atoms with Crippen molar-refractivity contribution in [3.63, 3.8) is 0 Å². The molecule has 0 amide bonds. The van der Waals surface area contributed by atoms with Crippen molar-refractivity contribution in [1.82, 2.24) is 0 Å². The molecule has 0 aromatic heterocycles. The number of hydrogen-bond donors (Lipinski definition) is 4. The summed E-state index contributed by atoms with van der Waals surface area (Å²) in [6.07, 6.45) is 5.43. The van der Waals surface area contributed by atoms with E-state index < -0.39 is 30.4 Å². The maximum absolute atomic E-state index is 12.3. The number of aliphatic hydroxyl groups is 3. The van der Waals surface area contributed by atoms with Gasteiger partial charge < -0.3 is 25.2 Å². The van der Waals surface area contributed by atoms with Crippen LogP contribution in [0.5, 0.6) is 0 Å². The Kier molecular flexibility index (Phi) is 8.86. The average Bonchev–Trinajstić information content (AvgIpc) is 2.64. The van der Waals surface area contributed by atoms with Crippen LogP contribution in [0.1, 0.15) is 58.8 Å². The summed E-state index contributed by atoms with van der Waals surface area (Å²) in [5.74, 6) is -1.44. The Morgan fingerprint density at radius 2 is 2.00 bits per heavy atom. The minimum atomic E-state index is -1.09. The predicted molar refractivity (Wildman–Crippen MR) is 107 cm³/mol. The second kappa shape index (κ2) is 10.9. The van der Waals surface area contributed by atoms with Gasteiger partial charge in [-0.05, 0) is 43.6 Å². The molecular formula is C22H34O7. The van der Waals surface area contributed by atoms with Gasteiger partial charge in [0, 0.05) is 12.3 Å². The maximum atomic E-state index is 12.3. The molecule has 0 spiro atoms. The van der Waals surface area contributed by atoms with Crippen LogP contribution in [0.15, 0.2) is 23.8 Å². The Hall–Kier alpha value is -1.70. The van der Waals surface area contributed by atoms with Crippen molar-refractivity contribution in [3.05, 3.63) is 23.8 Å². The second-order valence-electron chi connectivity index (χ2n) is 8.40. The van der Waals surface area contributed by atoms with Crippen molar-refractivity contribution in [3.8, 4) is 0 Å². The van der Waals surface area contributed by atoms with Crippen LogP contribution < -0.4 is 0 Å². The highest BCUT2D eigenvalue weighted by Crippen LogP contribution is 2.41. The number of carbonyl (C=O) groups excluding carboxylic acids is 1. The number of aliphatic carboxylic acids is 1. The topological polar surface area (TPSA) is 124 Å². The zero-order chi connectivity index (χ0) is 21.6. The fourth-order valence-corrected chi connectivity index (χ4v) is 4.24. The van der Waals surface area contributed by atoms with Gasteiger partial charge in [-0.1, -0.05) is 32.1 Å². The number of ether oxygens (including phenoxy) is 1. The van der Waals surface area contributed by atoms with Crippen molar-refractivity contribution >= 4 is 11.9 Å². The molecule has 7 atom stereocenters. The molecule has 0 fully saturated rings. The number of carboxylic acids is 1. The van der Waals surface area contributed by atoms with Crippen LogP contribution in [-0.2, 0) is 14.3 Å². The van der Waals surface area contributed by atoms with Crippen LogP contribution in [0.2, 0.25) is 0 Å². The molecule has 2 aliphatic rings. The van der Waals surface area contributed by atoms with Gasteiger partial charge in [-0.2, -0.15) is 0 Å². The van der Waals surface area contributed by atoms with Crippen LogP contribution in [0, 0.1) is 17.8 Å². The molecule has 0 aliphatic heterocycles. The Morgan fingerprint density at radius 1 is 1.28 bits per heavy atom. The van der Waals surface area contributed by atoms with Gasteiger partial charge in [0.05, 0.1) is 30.7 Å². The first-order valence-electron chi connectivity index (χ1n) is 10.6. The molecule has 2 aliphatic carbocycles. The standard InChI is InChI=1S/C22H34O7/c1-3-13(2)22(28)29-19-11-17(24)9-15-6-4-5-14(21(15)19)7-8-16(23)10-18(25)12-20(26)27/h4,6,9,13-14,16-19,21,23-25H,3,5,7-8,10-12H2,1-2H3,(H,26,27). The first kappa shape index (κ1) is 23.6. The molecule has 0 aromatic rings. The normalized spacial score (nSPS) is 29.3. The van der Waals surface area contributed by atoms with Gasteiger partial charge in [0.15, 0.2) is 0 Å². The first-order chi connectivity index (χ1) is 13.7. The number of aliphatic hydroxyl groups excluding tert-OH is 3. The fraction of sp³-hybridized carbons (Fsp3) is 0.727. The van der Waals surface area contributed by atoms with Crippen molar-refractivity contribution in [1.29, 1.82) is 0 Å². The van der Waals surface area contributed by atoms with Crippen LogP contribution in [-0.4, -0.2) is 56.8 Å². The molecule has 4 N–H and O–H groups in total. The molecule has 0 saturated carbocycles. The fourth-order valence-electron chi connectivity index (χ4n) is 4.24. The molecule has 2 rings (SSSR count). The van der Waals surface area contributed by atoms with E-state index in [2.05, 4.69) is 0 Å². The van der Waals surface area contributed by atoms with E-state index in [1.165, 1.54) is 0 Å². The van der Waals surface area contributed by atoms with E-state index >= 15 is 0 Å². The lowest BCUT2D eigenvalue weighted by molar-refractivity contribution is -0.159. The number of carbonyl (C=O) groups is 2. The lowest BCUT2D eigenvalue weighted by atomic mass is 9.70. The minimum Gasteiger partial charge on any atom is -0.481 e. The third-order valence-electron chi connectivity index (χ3n) is 6.01. The third kappa shape index (κ3) is 6.94. The number of allylic oxidation sites excluding steroid dienone is 2. The van der Waals surface area contributed by atoms with Crippen LogP contribution >= 0.6 is 0 Å². The zero-order valence-electron chi connectivity index (χ0n) is 17.2. The summed E-state index contributed by atoms with van der Waals surface area (Å²) in [4.78, 5) is 23.0. The summed E-state index contributed by atoms with van der Waals surface area (Å²) in [5.41, 5.74) is 0.961. The Balaban J connectivity index is 2.02. The van der Waals surface area contributed by atoms with E-state index in [0.29, 0.717) is 25.7 Å². The maximum Gasteiger partial charge on any atom is 0.308 e. The zero-order valence-corrected chi connectivity index (χ0v) is 17.2. The summed E-state index contributed by atoms with van der Waals surface area (Å²) in [6.45, 7) is 3.76. The van der Waals surface area contributed by atoms with Gasteiger partial charge in [0.25, 0.3) is 0 Å². The van der Waals surface area contributed by atoms with E-state index in [1.807, 2.05) is 32.1 Å². The monoisotopic (exact) mass is 410 g/mol. The highest BCUT2D eigenvalue weighted by atomic mass is 16.5. The molecular weight excluding hydrogens is 376 g/mol. The number of esters is 1. The van der Waals surface area contributed by atoms with Crippen LogP contribution in [0.3, 0.4) is 0 Å². The Labute approximate surface area is 172 Å². The Morgan fingerprint density at radius 3 is 2.66 bits per heavy atom. The molecule has 0 aromatic carbocycles. The number of carboxylic acid groups (broad SMARTS) is 1. The third-order valence-corrected chi connectivity index (χ3v) is 6.01. The molecule has 7 unspecified atom stereocenters. The first-order valence-corrected chi connectivity index (χ1v) is 10.6. The number of hydrogen-bond acceptors (Lipinski definition) is 6. The van der Waals surface area contributed by atoms with Gasteiger partial charge in [0.2, 0.25) is 0 Å². The molecule has 0 bridgehead atoms. The van der Waals surface area contributed by atoms with Crippen molar-refractivity contribution < 1.29 is 34.8 Å². The molecule has 7 nitrogen and oxygen atoms in total.